The van der Waals surface area contributed by atoms with Crippen molar-refractivity contribution in [2.75, 3.05) is 11.9 Å². The molecule has 0 saturated heterocycles. The molecule has 0 fully saturated rings. The molecule has 0 aliphatic heterocycles. The predicted octanol–water partition coefficient (Wildman–Crippen LogP) is 3.98. The van der Waals surface area contributed by atoms with Crippen LogP contribution in [0.15, 0.2) is 34.9 Å². The summed E-state index contributed by atoms with van der Waals surface area (Å²) in [5.41, 5.74) is 0.395. The third-order valence-electron chi connectivity index (χ3n) is 2.82. The maximum absolute atomic E-state index is 12.2. The highest BCUT2D eigenvalue weighted by Gasteiger charge is 2.19. The summed E-state index contributed by atoms with van der Waals surface area (Å²) < 4.78 is 5.01. The molecule has 0 bridgehead atoms. The van der Waals surface area contributed by atoms with E-state index in [1.165, 1.54) is 24.5 Å². The van der Waals surface area contributed by atoms with E-state index in [4.69, 9.17) is 27.6 Å². The van der Waals surface area contributed by atoms with Crippen LogP contribution in [0.4, 0.5) is 5.69 Å². The van der Waals surface area contributed by atoms with E-state index in [2.05, 4.69) is 10.6 Å². The van der Waals surface area contributed by atoms with E-state index in [-0.39, 0.29) is 27.9 Å². The zero-order chi connectivity index (χ0) is 16.1. The van der Waals surface area contributed by atoms with Crippen molar-refractivity contribution < 1.29 is 14.0 Å². The van der Waals surface area contributed by atoms with Crippen molar-refractivity contribution in [3.8, 4) is 0 Å². The molecular weight excluding hydrogens is 327 g/mol. The molecule has 5 nitrogen and oxygen atoms in total. The number of nitrogens with one attached hydrogen (secondary N) is 2. The second-order valence-electron chi connectivity index (χ2n) is 4.50. The van der Waals surface area contributed by atoms with E-state index in [0.29, 0.717) is 11.6 Å². The van der Waals surface area contributed by atoms with Crippen LogP contribution in [0.3, 0.4) is 0 Å². The van der Waals surface area contributed by atoms with Crippen molar-refractivity contribution in [2.45, 2.75) is 13.3 Å². The van der Waals surface area contributed by atoms with Crippen LogP contribution in [0.2, 0.25) is 10.0 Å². The third kappa shape index (κ3) is 3.81. The Kier molecular flexibility index (Phi) is 5.46. The summed E-state index contributed by atoms with van der Waals surface area (Å²) in [6.45, 7) is 2.44. The molecule has 7 heteroatoms. The van der Waals surface area contributed by atoms with E-state index in [9.17, 15) is 9.59 Å². The van der Waals surface area contributed by atoms with Gasteiger partial charge in [0.15, 0.2) is 5.76 Å². The van der Waals surface area contributed by atoms with E-state index in [1.54, 1.807) is 6.07 Å². The SMILES string of the molecule is CCCNC(=O)c1cc(Cl)cc(Cl)c1NC(=O)c1ccco1. The number of furan rings is 1. The van der Waals surface area contributed by atoms with Gasteiger partial charge in [-0.25, -0.2) is 0 Å². The number of carbonyl (C=O) groups is 2. The minimum atomic E-state index is -0.501. The van der Waals surface area contributed by atoms with Gasteiger partial charge in [-0.1, -0.05) is 30.1 Å². The van der Waals surface area contributed by atoms with Crippen molar-refractivity contribution in [3.63, 3.8) is 0 Å². The number of hydrogen-bond donors (Lipinski definition) is 2. The fourth-order valence-corrected chi connectivity index (χ4v) is 2.34. The summed E-state index contributed by atoms with van der Waals surface area (Å²) in [4.78, 5) is 24.3. The monoisotopic (exact) mass is 340 g/mol. The van der Waals surface area contributed by atoms with Gasteiger partial charge >= 0.3 is 0 Å². The minimum Gasteiger partial charge on any atom is -0.459 e. The van der Waals surface area contributed by atoms with Crippen molar-refractivity contribution in [1.82, 2.24) is 5.32 Å². The molecular formula is C15H14Cl2N2O3. The number of halogens is 2. The second-order valence-corrected chi connectivity index (χ2v) is 5.34. The number of rotatable bonds is 5. The molecule has 2 aromatic rings. The Balaban J connectivity index is 2.32. The van der Waals surface area contributed by atoms with Gasteiger partial charge in [-0.3, -0.25) is 9.59 Å². The fourth-order valence-electron chi connectivity index (χ4n) is 1.80. The molecule has 0 unspecified atom stereocenters. The summed E-state index contributed by atoms with van der Waals surface area (Å²) in [5.74, 6) is -0.745. The minimum absolute atomic E-state index is 0.117. The molecule has 0 saturated carbocycles. The molecule has 0 aliphatic rings. The number of hydrogen-bond acceptors (Lipinski definition) is 3. The smallest absolute Gasteiger partial charge is 0.291 e. The van der Waals surface area contributed by atoms with E-state index in [0.717, 1.165) is 6.42 Å². The predicted molar refractivity (Wildman–Crippen MR) is 85.7 cm³/mol. The first-order valence-electron chi connectivity index (χ1n) is 6.65. The normalized spacial score (nSPS) is 10.3. The Bertz CT molecular complexity index is 684. The van der Waals surface area contributed by atoms with Crippen molar-refractivity contribution in [1.29, 1.82) is 0 Å². The van der Waals surface area contributed by atoms with Crippen molar-refractivity contribution in [3.05, 3.63) is 51.9 Å². The fraction of sp³-hybridized carbons (Fsp3) is 0.200. The van der Waals surface area contributed by atoms with Gasteiger partial charge in [0, 0.05) is 11.6 Å². The van der Waals surface area contributed by atoms with Crippen LogP contribution in [0.1, 0.15) is 34.3 Å². The van der Waals surface area contributed by atoms with E-state index < -0.39 is 5.91 Å². The Hall–Kier alpha value is -1.98. The quantitative estimate of drug-likeness (QED) is 0.864. The zero-order valence-corrected chi connectivity index (χ0v) is 13.3. The number of carbonyl (C=O) groups excluding carboxylic acids is 2. The molecule has 0 aliphatic carbocycles. The summed E-state index contributed by atoms with van der Waals surface area (Å²) in [7, 11) is 0. The van der Waals surface area contributed by atoms with Gasteiger partial charge in [-0.15, -0.1) is 0 Å². The Morgan fingerprint density at radius 3 is 2.64 bits per heavy atom. The zero-order valence-electron chi connectivity index (χ0n) is 11.8. The molecule has 0 radical (unpaired) electrons. The molecule has 1 heterocycles. The second kappa shape index (κ2) is 7.33. The topological polar surface area (TPSA) is 71.3 Å². The van der Waals surface area contributed by atoms with Crippen molar-refractivity contribution >= 4 is 40.7 Å². The number of anilines is 1. The molecule has 0 spiro atoms. The highest BCUT2D eigenvalue weighted by Crippen LogP contribution is 2.30. The van der Waals surface area contributed by atoms with Crippen LogP contribution in [0.25, 0.3) is 0 Å². The Labute approximate surface area is 137 Å². The summed E-state index contributed by atoms with van der Waals surface area (Å²) in [6.07, 6.45) is 2.17. The first kappa shape index (κ1) is 16.4. The van der Waals surface area contributed by atoms with Gasteiger partial charge in [0.2, 0.25) is 0 Å². The molecule has 116 valence electrons. The summed E-state index contributed by atoms with van der Waals surface area (Å²) in [6, 6.07) is 6.01. The van der Waals surface area contributed by atoms with E-state index >= 15 is 0 Å². The van der Waals surface area contributed by atoms with Crippen LogP contribution < -0.4 is 10.6 Å². The van der Waals surface area contributed by atoms with Gasteiger partial charge < -0.3 is 15.1 Å². The molecule has 22 heavy (non-hydrogen) atoms. The molecule has 1 aromatic carbocycles. The average molecular weight is 341 g/mol. The van der Waals surface area contributed by atoms with Crippen LogP contribution in [0.5, 0.6) is 0 Å². The van der Waals surface area contributed by atoms with Crippen LogP contribution in [-0.2, 0) is 0 Å². The summed E-state index contributed by atoms with van der Waals surface area (Å²) in [5, 5.41) is 5.79. The lowest BCUT2D eigenvalue weighted by molar-refractivity contribution is 0.0954. The van der Waals surface area contributed by atoms with Crippen LogP contribution in [0, 0.1) is 0 Å². The summed E-state index contributed by atoms with van der Waals surface area (Å²) >= 11 is 12.0. The number of amides is 2. The maximum Gasteiger partial charge on any atom is 0.291 e. The highest BCUT2D eigenvalue weighted by molar-refractivity contribution is 6.38. The molecule has 0 atom stereocenters. The molecule has 2 amide bonds. The lowest BCUT2D eigenvalue weighted by Crippen LogP contribution is -2.26. The Morgan fingerprint density at radius 1 is 1.23 bits per heavy atom. The first-order valence-corrected chi connectivity index (χ1v) is 7.40. The van der Waals surface area contributed by atoms with Gasteiger partial charge in [0.05, 0.1) is 22.5 Å². The molecule has 2 N–H and O–H groups in total. The Morgan fingerprint density at radius 2 is 2.00 bits per heavy atom. The van der Waals surface area contributed by atoms with Gasteiger partial charge in [-0.05, 0) is 30.7 Å². The van der Waals surface area contributed by atoms with Gasteiger partial charge in [0.25, 0.3) is 11.8 Å². The van der Waals surface area contributed by atoms with Gasteiger partial charge in [0.1, 0.15) is 0 Å². The highest BCUT2D eigenvalue weighted by atomic mass is 35.5. The third-order valence-corrected chi connectivity index (χ3v) is 3.33. The van der Waals surface area contributed by atoms with Crippen LogP contribution in [-0.4, -0.2) is 18.4 Å². The van der Waals surface area contributed by atoms with Crippen LogP contribution >= 0.6 is 23.2 Å². The molecule has 2 rings (SSSR count). The van der Waals surface area contributed by atoms with E-state index in [1.807, 2.05) is 6.92 Å². The number of benzene rings is 1. The van der Waals surface area contributed by atoms with Crippen molar-refractivity contribution in [2.24, 2.45) is 0 Å². The largest absolute Gasteiger partial charge is 0.459 e. The average Bonchev–Trinajstić information content (AvgIpc) is 3.01. The van der Waals surface area contributed by atoms with Gasteiger partial charge in [-0.2, -0.15) is 0 Å². The lowest BCUT2D eigenvalue weighted by atomic mass is 10.1. The standard InChI is InChI=1S/C15H14Cl2N2O3/c1-2-5-18-14(20)10-7-9(16)8-11(17)13(10)19-15(21)12-4-3-6-22-12/h3-4,6-8H,2,5H2,1H3,(H,18,20)(H,19,21). The lowest BCUT2D eigenvalue weighted by Gasteiger charge is -2.13. The maximum atomic E-state index is 12.2. The first-order chi connectivity index (χ1) is 10.5. The molecule has 1 aromatic heterocycles.